The van der Waals surface area contributed by atoms with Crippen LogP contribution in [0.3, 0.4) is 0 Å². The van der Waals surface area contributed by atoms with Crippen molar-refractivity contribution in [1.29, 1.82) is 0 Å². The minimum absolute atomic E-state index is 0.0537. The summed E-state index contributed by atoms with van der Waals surface area (Å²) in [6.45, 7) is 3.21. The van der Waals surface area contributed by atoms with Crippen molar-refractivity contribution in [3.63, 3.8) is 0 Å². The van der Waals surface area contributed by atoms with Crippen LogP contribution < -0.4 is 5.32 Å². The van der Waals surface area contributed by atoms with Crippen LogP contribution in [0.2, 0.25) is 5.02 Å². The summed E-state index contributed by atoms with van der Waals surface area (Å²) in [5.41, 5.74) is 8.19. The highest BCUT2D eigenvalue weighted by Crippen LogP contribution is 2.60. The summed E-state index contributed by atoms with van der Waals surface area (Å²) in [7, 11) is 0. The van der Waals surface area contributed by atoms with E-state index in [2.05, 4.69) is 74.8 Å². The molecule has 3 aliphatic rings. The van der Waals surface area contributed by atoms with Gasteiger partial charge in [0.1, 0.15) is 0 Å². The van der Waals surface area contributed by atoms with Crippen molar-refractivity contribution in [1.82, 2.24) is 14.9 Å². The minimum atomic E-state index is 0.0537. The third-order valence-electron chi connectivity index (χ3n) is 8.48. The first-order valence-electron chi connectivity index (χ1n) is 13.0. The molecule has 4 nitrogen and oxygen atoms in total. The molecule has 2 bridgehead atoms. The molecule has 4 aromatic rings. The van der Waals surface area contributed by atoms with Crippen molar-refractivity contribution in [3.05, 3.63) is 112 Å². The summed E-state index contributed by atoms with van der Waals surface area (Å²) in [5, 5.41) is 4.42. The maximum absolute atomic E-state index is 6.50. The highest BCUT2D eigenvalue weighted by Gasteiger charge is 2.53. The number of fused-ring (bicyclic) bond motifs is 8. The lowest BCUT2D eigenvalue weighted by atomic mass is 9.74. The van der Waals surface area contributed by atoms with E-state index in [1.807, 2.05) is 30.6 Å². The highest BCUT2D eigenvalue weighted by molar-refractivity contribution is 6.30. The molecule has 2 heterocycles. The van der Waals surface area contributed by atoms with E-state index in [9.17, 15) is 0 Å². The van der Waals surface area contributed by atoms with Crippen molar-refractivity contribution >= 4 is 17.5 Å². The Morgan fingerprint density at radius 1 is 0.833 bits per heavy atom. The van der Waals surface area contributed by atoms with Gasteiger partial charge < -0.3 is 10.2 Å². The third-order valence-corrected chi connectivity index (χ3v) is 8.72. The van der Waals surface area contributed by atoms with Gasteiger partial charge in [-0.1, -0.05) is 72.3 Å². The fourth-order valence-corrected chi connectivity index (χ4v) is 6.97. The molecule has 36 heavy (non-hydrogen) atoms. The molecule has 2 unspecified atom stereocenters. The van der Waals surface area contributed by atoms with Crippen LogP contribution in [0, 0.1) is 0 Å². The Morgan fingerprint density at radius 2 is 1.56 bits per heavy atom. The van der Waals surface area contributed by atoms with Gasteiger partial charge in [-0.05, 0) is 59.2 Å². The highest BCUT2D eigenvalue weighted by atomic mass is 35.5. The van der Waals surface area contributed by atoms with Gasteiger partial charge in [0.2, 0.25) is 5.95 Å². The lowest BCUT2D eigenvalue weighted by Crippen LogP contribution is -2.46. The normalized spacial score (nSPS) is 22.9. The van der Waals surface area contributed by atoms with Crippen LogP contribution in [0.5, 0.6) is 0 Å². The molecule has 0 spiro atoms. The first-order chi connectivity index (χ1) is 17.7. The Kier molecular flexibility index (Phi) is 5.33. The van der Waals surface area contributed by atoms with E-state index >= 15 is 0 Å². The molecule has 2 aliphatic carbocycles. The lowest BCUT2D eigenvalue weighted by Gasteiger charge is -2.40. The summed E-state index contributed by atoms with van der Waals surface area (Å²) in [6, 6.07) is 26.3. The second-order valence-electron chi connectivity index (χ2n) is 10.5. The monoisotopic (exact) mass is 492 g/mol. The van der Waals surface area contributed by atoms with Crippen LogP contribution in [-0.4, -0.2) is 40.5 Å². The second-order valence-corrected chi connectivity index (χ2v) is 11.0. The number of nitrogens with zero attached hydrogens (tertiary/aromatic N) is 3. The second kappa shape index (κ2) is 8.72. The summed E-state index contributed by atoms with van der Waals surface area (Å²) >= 11 is 6.50. The first kappa shape index (κ1) is 22.0. The third kappa shape index (κ3) is 3.63. The fourth-order valence-electron chi connectivity index (χ4n) is 6.80. The molecule has 1 aromatic heterocycles. The Morgan fingerprint density at radius 3 is 2.36 bits per heavy atom. The number of halogens is 1. The molecule has 0 saturated carbocycles. The Hall–Kier alpha value is -3.21. The van der Waals surface area contributed by atoms with E-state index in [1.54, 1.807) is 0 Å². The number of benzene rings is 3. The summed E-state index contributed by atoms with van der Waals surface area (Å²) in [4.78, 5) is 11.8. The van der Waals surface area contributed by atoms with E-state index in [4.69, 9.17) is 11.6 Å². The van der Waals surface area contributed by atoms with Gasteiger partial charge in [0.05, 0.1) is 0 Å². The molecule has 3 aromatic carbocycles. The van der Waals surface area contributed by atoms with Gasteiger partial charge >= 0.3 is 0 Å². The van der Waals surface area contributed by atoms with Crippen LogP contribution in [0.1, 0.15) is 47.4 Å². The summed E-state index contributed by atoms with van der Waals surface area (Å²) in [6.07, 6.45) is 7.17. The molecule has 1 aliphatic heterocycles. The number of anilines is 1. The van der Waals surface area contributed by atoms with Crippen molar-refractivity contribution in [2.45, 2.75) is 36.6 Å². The predicted octanol–water partition coefficient (Wildman–Crippen LogP) is 6.51. The van der Waals surface area contributed by atoms with Crippen molar-refractivity contribution in [2.24, 2.45) is 0 Å². The van der Waals surface area contributed by atoms with Gasteiger partial charge in [-0.3, -0.25) is 0 Å². The minimum Gasteiger partial charge on any atom is -0.351 e. The van der Waals surface area contributed by atoms with Gasteiger partial charge in [0.25, 0.3) is 0 Å². The molecule has 1 fully saturated rings. The quantitative estimate of drug-likeness (QED) is 0.345. The molecule has 1 N–H and O–H groups in total. The lowest BCUT2D eigenvalue weighted by molar-refractivity contribution is 0.186. The van der Waals surface area contributed by atoms with Crippen molar-refractivity contribution < 1.29 is 0 Å². The molecule has 0 radical (unpaired) electrons. The number of hydrogen-bond acceptors (Lipinski definition) is 4. The molecule has 0 amide bonds. The molecular formula is C31H29ClN4. The van der Waals surface area contributed by atoms with Gasteiger partial charge in [0.15, 0.2) is 0 Å². The topological polar surface area (TPSA) is 41.0 Å². The van der Waals surface area contributed by atoms with Crippen LogP contribution in [0.4, 0.5) is 5.95 Å². The largest absolute Gasteiger partial charge is 0.351 e. The SMILES string of the molecule is Clc1ccc2c(c1)C1(CN3CCC(Nc4ncc(-c5ccccc5)cn4)CC3)CC2c2ccccc21. The van der Waals surface area contributed by atoms with Gasteiger partial charge in [-0.2, -0.15) is 0 Å². The van der Waals surface area contributed by atoms with Gasteiger partial charge in [0, 0.05) is 60.0 Å². The zero-order valence-electron chi connectivity index (χ0n) is 20.2. The molecule has 2 atom stereocenters. The Bertz CT molecular complexity index is 1400. The van der Waals surface area contributed by atoms with Gasteiger partial charge in [-0.15, -0.1) is 0 Å². The smallest absolute Gasteiger partial charge is 0.222 e. The predicted molar refractivity (Wildman–Crippen MR) is 146 cm³/mol. The zero-order chi connectivity index (χ0) is 24.1. The maximum atomic E-state index is 6.50. The van der Waals surface area contributed by atoms with Crippen molar-refractivity contribution in [3.8, 4) is 11.1 Å². The van der Waals surface area contributed by atoms with E-state index in [1.165, 1.54) is 28.7 Å². The maximum Gasteiger partial charge on any atom is 0.222 e. The fraction of sp³-hybridized carbons (Fsp3) is 0.290. The van der Waals surface area contributed by atoms with Crippen molar-refractivity contribution in [2.75, 3.05) is 25.0 Å². The number of hydrogen-bond donors (Lipinski definition) is 1. The average Bonchev–Trinajstić information content (AvgIpc) is 3.42. The van der Waals surface area contributed by atoms with Gasteiger partial charge in [-0.25, -0.2) is 9.97 Å². The molecule has 180 valence electrons. The van der Waals surface area contributed by atoms with Crippen LogP contribution in [0.15, 0.2) is 85.2 Å². The average molecular weight is 493 g/mol. The Balaban J connectivity index is 1.05. The molecule has 7 rings (SSSR count). The molecule has 1 saturated heterocycles. The van der Waals surface area contributed by atoms with E-state index < -0.39 is 0 Å². The van der Waals surface area contributed by atoms with Crippen LogP contribution >= 0.6 is 11.6 Å². The Labute approximate surface area is 217 Å². The number of nitrogens with one attached hydrogen (secondary N) is 1. The number of rotatable bonds is 5. The van der Waals surface area contributed by atoms with E-state index in [0.717, 1.165) is 54.6 Å². The number of piperidine rings is 1. The standard InChI is InChI=1S/C31H29ClN4/c32-23-10-11-26-27-17-31(29(26)16-23,28-9-5-4-8-25(27)28)20-36-14-12-24(13-15-36)35-30-33-18-22(19-34-30)21-6-2-1-3-7-21/h1-11,16,18-19,24,27H,12-15,17,20H2,(H,33,34,35). The molecular weight excluding hydrogens is 464 g/mol. The summed E-state index contributed by atoms with van der Waals surface area (Å²) < 4.78 is 0. The first-order valence-corrected chi connectivity index (χ1v) is 13.3. The number of likely N-dealkylation sites (tertiary alicyclic amines) is 1. The summed E-state index contributed by atoms with van der Waals surface area (Å²) in [5.74, 6) is 1.22. The van der Waals surface area contributed by atoms with E-state index in [0.29, 0.717) is 12.0 Å². The number of aromatic nitrogens is 2. The van der Waals surface area contributed by atoms with E-state index in [-0.39, 0.29) is 5.41 Å². The van der Waals surface area contributed by atoms with Crippen LogP contribution in [-0.2, 0) is 5.41 Å². The van der Waals surface area contributed by atoms with Crippen LogP contribution in [0.25, 0.3) is 11.1 Å². The molecule has 5 heteroatoms. The zero-order valence-corrected chi connectivity index (χ0v) is 21.0.